The Morgan fingerprint density at radius 2 is 2.18 bits per heavy atom. The Morgan fingerprint density at radius 3 is 2.71 bits per heavy atom. The molecule has 0 unspecified atom stereocenters. The van der Waals surface area contributed by atoms with E-state index in [1.807, 2.05) is 0 Å². The molecule has 1 aliphatic rings. The highest BCUT2D eigenvalue weighted by atomic mass is 16.5. The number of carboxylic acids is 1. The summed E-state index contributed by atoms with van der Waals surface area (Å²) in [6.07, 6.45) is 1.94. The van der Waals surface area contributed by atoms with Gasteiger partial charge in [-0.3, -0.25) is 4.79 Å². The highest BCUT2D eigenvalue weighted by Gasteiger charge is 2.26. The molecule has 0 aliphatic heterocycles. The molecule has 6 heteroatoms. The van der Waals surface area contributed by atoms with Crippen molar-refractivity contribution in [2.75, 3.05) is 7.05 Å². The van der Waals surface area contributed by atoms with Crippen molar-refractivity contribution in [3.05, 3.63) is 23.5 Å². The molecule has 1 saturated carbocycles. The van der Waals surface area contributed by atoms with Crippen molar-refractivity contribution in [3.8, 4) is 5.75 Å². The number of aromatic carboxylic acids is 1. The lowest BCUT2D eigenvalue weighted by Gasteiger charge is -2.08. The van der Waals surface area contributed by atoms with Crippen molar-refractivity contribution in [2.24, 2.45) is 0 Å². The Labute approximate surface area is 97.6 Å². The van der Waals surface area contributed by atoms with Crippen LogP contribution in [0, 0.1) is 0 Å². The molecule has 1 aromatic rings. The average molecular weight is 236 g/mol. The number of aromatic nitrogens is 1. The Kier molecular flexibility index (Phi) is 2.95. The maximum atomic E-state index is 11.3. The molecule has 0 saturated heterocycles. The molecule has 0 radical (unpaired) electrons. The number of hydrogen-bond donors (Lipinski definition) is 2. The van der Waals surface area contributed by atoms with E-state index in [4.69, 9.17) is 9.84 Å². The minimum absolute atomic E-state index is 0.0630. The van der Waals surface area contributed by atoms with E-state index in [1.54, 1.807) is 0 Å². The first-order valence-corrected chi connectivity index (χ1v) is 5.25. The zero-order valence-corrected chi connectivity index (χ0v) is 9.27. The van der Waals surface area contributed by atoms with Crippen LogP contribution in [-0.4, -0.2) is 35.1 Å². The zero-order chi connectivity index (χ0) is 12.4. The second-order valence-corrected chi connectivity index (χ2v) is 3.74. The summed E-state index contributed by atoms with van der Waals surface area (Å²) < 4.78 is 5.41. The second kappa shape index (κ2) is 4.40. The number of hydrogen-bond acceptors (Lipinski definition) is 4. The molecule has 6 nitrogen and oxygen atoms in total. The molecule has 1 heterocycles. The molecule has 1 aliphatic carbocycles. The Bertz CT molecular complexity index is 469. The number of carbonyl (C=O) groups excluding carboxylic acids is 1. The van der Waals surface area contributed by atoms with E-state index in [0.717, 1.165) is 12.8 Å². The van der Waals surface area contributed by atoms with Crippen LogP contribution in [0.5, 0.6) is 5.75 Å². The largest absolute Gasteiger partial charge is 0.488 e. The second-order valence-electron chi connectivity index (χ2n) is 3.74. The SMILES string of the molecule is CNC(=O)c1ccc(OC2CC2)c(C(=O)O)n1. The van der Waals surface area contributed by atoms with Crippen molar-refractivity contribution in [1.29, 1.82) is 0 Å². The summed E-state index contributed by atoms with van der Waals surface area (Å²) in [5, 5.41) is 11.4. The van der Waals surface area contributed by atoms with Crippen LogP contribution in [0.25, 0.3) is 0 Å². The summed E-state index contributed by atoms with van der Waals surface area (Å²) in [6, 6.07) is 2.92. The molecular formula is C11H12N2O4. The fraction of sp³-hybridized carbons (Fsp3) is 0.364. The summed E-state index contributed by atoms with van der Waals surface area (Å²) >= 11 is 0. The quantitative estimate of drug-likeness (QED) is 0.802. The summed E-state index contributed by atoms with van der Waals surface area (Å²) in [4.78, 5) is 26.1. The van der Waals surface area contributed by atoms with Crippen LogP contribution in [0.1, 0.15) is 33.8 Å². The van der Waals surface area contributed by atoms with Crippen LogP contribution in [0.15, 0.2) is 12.1 Å². The Hall–Kier alpha value is -2.11. The standard InChI is InChI=1S/C11H12N2O4/c1-12-10(14)7-4-5-8(17-6-2-3-6)9(13-7)11(15)16/h4-6H,2-3H2,1H3,(H,12,14)(H,15,16). The lowest BCUT2D eigenvalue weighted by atomic mass is 10.2. The first kappa shape index (κ1) is 11.4. The summed E-state index contributed by atoms with van der Waals surface area (Å²) in [7, 11) is 1.46. The van der Waals surface area contributed by atoms with Gasteiger partial charge in [-0.2, -0.15) is 0 Å². The third-order valence-corrected chi connectivity index (χ3v) is 2.34. The van der Waals surface area contributed by atoms with Crippen molar-refractivity contribution >= 4 is 11.9 Å². The van der Waals surface area contributed by atoms with Gasteiger partial charge >= 0.3 is 5.97 Å². The highest BCUT2D eigenvalue weighted by molar-refractivity contribution is 5.95. The van der Waals surface area contributed by atoms with Gasteiger partial charge < -0.3 is 15.2 Å². The van der Waals surface area contributed by atoms with Gasteiger partial charge in [-0.1, -0.05) is 0 Å². The Morgan fingerprint density at radius 1 is 1.47 bits per heavy atom. The molecule has 17 heavy (non-hydrogen) atoms. The fourth-order valence-corrected chi connectivity index (χ4v) is 1.31. The summed E-state index contributed by atoms with van der Waals surface area (Å²) in [6.45, 7) is 0. The van der Waals surface area contributed by atoms with E-state index in [9.17, 15) is 9.59 Å². The van der Waals surface area contributed by atoms with Crippen molar-refractivity contribution < 1.29 is 19.4 Å². The molecule has 2 rings (SSSR count). The molecule has 0 atom stereocenters. The smallest absolute Gasteiger partial charge is 0.358 e. The molecule has 0 spiro atoms. The monoisotopic (exact) mass is 236 g/mol. The van der Waals surface area contributed by atoms with E-state index in [2.05, 4.69) is 10.3 Å². The lowest BCUT2D eigenvalue weighted by molar-refractivity contribution is 0.0685. The zero-order valence-electron chi connectivity index (χ0n) is 9.27. The number of pyridine rings is 1. The topological polar surface area (TPSA) is 88.5 Å². The van der Waals surface area contributed by atoms with Gasteiger partial charge in [-0.25, -0.2) is 9.78 Å². The van der Waals surface area contributed by atoms with Crippen LogP contribution < -0.4 is 10.1 Å². The minimum Gasteiger partial charge on any atom is -0.488 e. The number of nitrogens with one attached hydrogen (secondary N) is 1. The van der Waals surface area contributed by atoms with Gasteiger partial charge in [0.25, 0.3) is 5.91 Å². The number of ether oxygens (including phenoxy) is 1. The molecule has 1 amide bonds. The van der Waals surface area contributed by atoms with Gasteiger partial charge in [0.1, 0.15) is 5.69 Å². The molecule has 1 aromatic heterocycles. The molecule has 0 aromatic carbocycles. The van der Waals surface area contributed by atoms with Crippen LogP contribution >= 0.6 is 0 Å². The summed E-state index contributed by atoms with van der Waals surface area (Å²) in [5.74, 6) is -1.41. The van der Waals surface area contributed by atoms with Crippen molar-refractivity contribution in [1.82, 2.24) is 10.3 Å². The summed E-state index contributed by atoms with van der Waals surface area (Å²) in [5.41, 5.74) is -0.161. The molecule has 1 fully saturated rings. The number of nitrogens with zero attached hydrogens (tertiary/aromatic N) is 1. The van der Waals surface area contributed by atoms with Crippen LogP contribution in [0.4, 0.5) is 0 Å². The van der Waals surface area contributed by atoms with E-state index in [-0.39, 0.29) is 23.2 Å². The van der Waals surface area contributed by atoms with E-state index >= 15 is 0 Å². The van der Waals surface area contributed by atoms with Gasteiger partial charge in [0, 0.05) is 7.05 Å². The third kappa shape index (κ3) is 2.52. The maximum absolute atomic E-state index is 11.3. The van der Waals surface area contributed by atoms with Crippen molar-refractivity contribution in [2.45, 2.75) is 18.9 Å². The van der Waals surface area contributed by atoms with Gasteiger partial charge in [0.15, 0.2) is 11.4 Å². The third-order valence-electron chi connectivity index (χ3n) is 2.34. The predicted octanol–water partition coefficient (Wildman–Crippen LogP) is 0.681. The minimum atomic E-state index is -1.20. The van der Waals surface area contributed by atoms with Crippen LogP contribution in [0.3, 0.4) is 0 Å². The fourth-order valence-electron chi connectivity index (χ4n) is 1.31. The number of carbonyl (C=O) groups is 2. The maximum Gasteiger partial charge on any atom is 0.358 e. The number of carboxylic acid groups (broad SMARTS) is 1. The predicted molar refractivity (Wildman–Crippen MR) is 58.2 cm³/mol. The lowest BCUT2D eigenvalue weighted by Crippen LogP contribution is -2.20. The first-order chi connectivity index (χ1) is 8.11. The van der Waals surface area contributed by atoms with Crippen molar-refractivity contribution in [3.63, 3.8) is 0 Å². The Balaban J connectivity index is 2.32. The normalized spacial score (nSPS) is 14.2. The number of rotatable bonds is 4. The van der Waals surface area contributed by atoms with Gasteiger partial charge in [0.05, 0.1) is 6.10 Å². The van der Waals surface area contributed by atoms with Crippen LogP contribution in [-0.2, 0) is 0 Å². The van der Waals surface area contributed by atoms with E-state index in [1.165, 1.54) is 19.2 Å². The first-order valence-electron chi connectivity index (χ1n) is 5.25. The number of amides is 1. The van der Waals surface area contributed by atoms with E-state index in [0.29, 0.717) is 0 Å². The van der Waals surface area contributed by atoms with Gasteiger partial charge in [-0.05, 0) is 25.0 Å². The molecule has 90 valence electrons. The molecule has 2 N–H and O–H groups in total. The van der Waals surface area contributed by atoms with Gasteiger partial charge in [-0.15, -0.1) is 0 Å². The van der Waals surface area contributed by atoms with E-state index < -0.39 is 11.9 Å². The highest BCUT2D eigenvalue weighted by Crippen LogP contribution is 2.28. The molecule has 0 bridgehead atoms. The van der Waals surface area contributed by atoms with Gasteiger partial charge in [0.2, 0.25) is 0 Å². The van der Waals surface area contributed by atoms with Crippen LogP contribution in [0.2, 0.25) is 0 Å². The molecular weight excluding hydrogens is 224 g/mol. The average Bonchev–Trinajstić information content (AvgIpc) is 3.12.